The normalized spacial score (nSPS) is 12.5. The van der Waals surface area contributed by atoms with Crippen molar-refractivity contribution in [2.45, 2.75) is 32.2 Å². The van der Waals surface area contributed by atoms with Crippen LogP contribution in [0.2, 0.25) is 0 Å². The molecule has 0 unspecified atom stereocenters. The molecule has 0 aliphatic carbocycles. The average Bonchev–Trinajstić information content (AvgIpc) is 3.13. The minimum Gasteiger partial charge on any atom is -0.454 e. The van der Waals surface area contributed by atoms with Gasteiger partial charge in [-0.2, -0.15) is 0 Å². The molecule has 28 heavy (non-hydrogen) atoms. The summed E-state index contributed by atoms with van der Waals surface area (Å²) in [5.41, 5.74) is 1.24. The molecule has 1 amide bonds. The van der Waals surface area contributed by atoms with Gasteiger partial charge in [-0.25, -0.2) is 0 Å². The number of anilines is 1. The Morgan fingerprint density at radius 2 is 1.86 bits per heavy atom. The monoisotopic (exact) mass is 385 g/mol. The molecule has 8 heteroatoms. The van der Waals surface area contributed by atoms with Crippen molar-refractivity contribution in [1.29, 1.82) is 0 Å². The van der Waals surface area contributed by atoms with Gasteiger partial charge in [0.25, 0.3) is 5.69 Å². The number of rotatable bonds is 8. The summed E-state index contributed by atoms with van der Waals surface area (Å²) in [6, 6.07) is 11.9. The van der Waals surface area contributed by atoms with Crippen LogP contribution >= 0.6 is 0 Å². The quantitative estimate of drug-likeness (QED) is 0.409. The first kappa shape index (κ1) is 19.5. The molecular formula is C20H23N3O5. The number of ether oxygens (including phenoxy) is 2. The minimum absolute atomic E-state index is 0.0480. The van der Waals surface area contributed by atoms with Crippen molar-refractivity contribution in [2.75, 3.05) is 18.7 Å². The van der Waals surface area contributed by atoms with E-state index >= 15 is 0 Å². The highest BCUT2D eigenvalue weighted by Gasteiger charge is 2.25. The lowest BCUT2D eigenvalue weighted by Crippen LogP contribution is -2.41. The van der Waals surface area contributed by atoms with Crippen LogP contribution in [-0.2, 0) is 10.3 Å². The van der Waals surface area contributed by atoms with Crippen LogP contribution in [0.25, 0.3) is 0 Å². The molecule has 2 N–H and O–H groups in total. The van der Waals surface area contributed by atoms with E-state index in [1.54, 1.807) is 12.1 Å². The van der Waals surface area contributed by atoms with Crippen LogP contribution in [0, 0.1) is 10.1 Å². The van der Waals surface area contributed by atoms with Crippen LogP contribution in [0.4, 0.5) is 11.4 Å². The first-order valence-corrected chi connectivity index (χ1v) is 9.04. The largest absolute Gasteiger partial charge is 0.454 e. The molecule has 0 saturated heterocycles. The maximum atomic E-state index is 12.3. The molecule has 0 bridgehead atoms. The summed E-state index contributed by atoms with van der Waals surface area (Å²) < 4.78 is 10.7. The summed E-state index contributed by atoms with van der Waals surface area (Å²) in [6.45, 7) is 4.69. The summed E-state index contributed by atoms with van der Waals surface area (Å²) in [5, 5.41) is 16.8. The van der Waals surface area contributed by atoms with Gasteiger partial charge in [-0.05, 0) is 50.1 Å². The molecule has 0 radical (unpaired) electrons. The molecule has 3 rings (SSSR count). The smallest absolute Gasteiger partial charge is 0.269 e. The highest BCUT2D eigenvalue weighted by Crippen LogP contribution is 2.35. The zero-order valence-corrected chi connectivity index (χ0v) is 15.9. The van der Waals surface area contributed by atoms with Crippen LogP contribution in [-0.4, -0.2) is 24.2 Å². The van der Waals surface area contributed by atoms with E-state index < -0.39 is 10.5 Å². The molecule has 1 heterocycles. The molecule has 0 fully saturated rings. The Morgan fingerprint density at radius 1 is 1.14 bits per heavy atom. The number of nitrogens with zero attached hydrogens (tertiary/aromatic N) is 1. The van der Waals surface area contributed by atoms with Gasteiger partial charge in [0.05, 0.1) is 10.5 Å². The molecule has 8 nitrogen and oxygen atoms in total. The highest BCUT2D eigenvalue weighted by atomic mass is 16.7. The molecule has 0 spiro atoms. The predicted octanol–water partition coefficient (Wildman–Crippen LogP) is 3.57. The van der Waals surface area contributed by atoms with Crippen LogP contribution in [0.3, 0.4) is 0 Å². The van der Waals surface area contributed by atoms with Gasteiger partial charge < -0.3 is 20.1 Å². The minimum atomic E-state index is -0.538. The second-order valence-electron chi connectivity index (χ2n) is 7.08. The topological polar surface area (TPSA) is 103 Å². The third kappa shape index (κ3) is 4.70. The molecular weight excluding hydrogens is 362 g/mol. The maximum absolute atomic E-state index is 12.3. The Balaban J connectivity index is 1.45. The number of carbonyl (C=O) groups excluding carboxylic acids is 1. The zero-order valence-electron chi connectivity index (χ0n) is 15.9. The van der Waals surface area contributed by atoms with Gasteiger partial charge in [-0.15, -0.1) is 0 Å². The Bertz CT molecular complexity index is 865. The summed E-state index contributed by atoms with van der Waals surface area (Å²) in [6.07, 6.45) is 1.01. The lowest BCUT2D eigenvalue weighted by molar-refractivity contribution is -0.384. The van der Waals surface area contributed by atoms with E-state index in [0.29, 0.717) is 30.9 Å². The molecule has 2 aromatic rings. The number of hydrogen-bond acceptors (Lipinski definition) is 6. The van der Waals surface area contributed by atoms with E-state index in [1.807, 2.05) is 32.0 Å². The molecule has 1 aliphatic rings. The number of benzene rings is 2. The van der Waals surface area contributed by atoms with E-state index in [4.69, 9.17) is 9.47 Å². The number of carbonyl (C=O) groups is 1. The standard InChI is InChI=1S/C20H23N3O5/c1-20(2,14-5-10-17-18(12-14)28-13-27-17)22-19(24)4-3-11-21-15-6-8-16(9-7-15)23(25)26/h5-10,12,21H,3-4,11,13H2,1-2H3,(H,22,24). The van der Waals surface area contributed by atoms with Crippen molar-refractivity contribution in [3.8, 4) is 11.5 Å². The van der Waals surface area contributed by atoms with Crippen molar-refractivity contribution in [3.05, 3.63) is 58.1 Å². The third-order valence-electron chi connectivity index (χ3n) is 4.53. The van der Waals surface area contributed by atoms with Crippen LogP contribution in [0.1, 0.15) is 32.3 Å². The SMILES string of the molecule is CC(C)(NC(=O)CCCNc1ccc([N+](=O)[O-])cc1)c1ccc2c(c1)OCO2. The van der Waals surface area contributed by atoms with Crippen LogP contribution < -0.4 is 20.1 Å². The Kier molecular flexibility index (Phi) is 5.67. The molecule has 2 aromatic carbocycles. The summed E-state index contributed by atoms with van der Waals surface area (Å²) in [7, 11) is 0. The molecule has 0 aromatic heterocycles. The molecule has 0 saturated carbocycles. The van der Waals surface area contributed by atoms with E-state index in [2.05, 4.69) is 10.6 Å². The van der Waals surface area contributed by atoms with E-state index in [9.17, 15) is 14.9 Å². The first-order chi connectivity index (χ1) is 13.3. The number of amides is 1. The van der Waals surface area contributed by atoms with Gasteiger partial charge in [0.15, 0.2) is 11.5 Å². The lowest BCUT2D eigenvalue weighted by atomic mass is 9.93. The van der Waals surface area contributed by atoms with E-state index in [-0.39, 0.29) is 18.4 Å². The number of nitro groups is 1. The number of fused-ring (bicyclic) bond motifs is 1. The summed E-state index contributed by atoms with van der Waals surface area (Å²) >= 11 is 0. The average molecular weight is 385 g/mol. The fourth-order valence-electron chi connectivity index (χ4n) is 2.95. The van der Waals surface area contributed by atoms with E-state index in [0.717, 1.165) is 11.3 Å². The van der Waals surface area contributed by atoms with Gasteiger partial charge in [0.2, 0.25) is 12.7 Å². The number of nitrogens with one attached hydrogen (secondary N) is 2. The third-order valence-corrected chi connectivity index (χ3v) is 4.53. The maximum Gasteiger partial charge on any atom is 0.269 e. The summed E-state index contributed by atoms with van der Waals surface area (Å²) in [4.78, 5) is 22.5. The molecule has 1 aliphatic heterocycles. The van der Waals surface area contributed by atoms with Crippen molar-refractivity contribution in [1.82, 2.24) is 5.32 Å². The Labute approximate surface area is 163 Å². The zero-order chi connectivity index (χ0) is 20.1. The number of nitro benzene ring substituents is 1. The van der Waals surface area contributed by atoms with Gasteiger partial charge in [0, 0.05) is 30.8 Å². The summed E-state index contributed by atoms with van der Waals surface area (Å²) in [5.74, 6) is 1.35. The van der Waals surface area contributed by atoms with Crippen molar-refractivity contribution in [3.63, 3.8) is 0 Å². The van der Waals surface area contributed by atoms with Crippen molar-refractivity contribution in [2.24, 2.45) is 0 Å². The Morgan fingerprint density at radius 3 is 2.57 bits per heavy atom. The predicted molar refractivity (Wildman–Crippen MR) is 105 cm³/mol. The van der Waals surface area contributed by atoms with Gasteiger partial charge in [-0.3, -0.25) is 14.9 Å². The fourth-order valence-corrected chi connectivity index (χ4v) is 2.95. The second kappa shape index (κ2) is 8.16. The van der Waals surface area contributed by atoms with Gasteiger partial charge in [0.1, 0.15) is 0 Å². The fraction of sp³-hybridized carbons (Fsp3) is 0.350. The lowest BCUT2D eigenvalue weighted by Gasteiger charge is -2.27. The number of hydrogen-bond donors (Lipinski definition) is 2. The second-order valence-corrected chi connectivity index (χ2v) is 7.08. The highest BCUT2D eigenvalue weighted by molar-refractivity contribution is 5.77. The molecule has 148 valence electrons. The van der Waals surface area contributed by atoms with Gasteiger partial charge >= 0.3 is 0 Å². The molecule has 0 atom stereocenters. The van der Waals surface area contributed by atoms with Crippen LogP contribution in [0.5, 0.6) is 11.5 Å². The van der Waals surface area contributed by atoms with Gasteiger partial charge in [-0.1, -0.05) is 6.07 Å². The van der Waals surface area contributed by atoms with Crippen molar-refractivity contribution >= 4 is 17.3 Å². The first-order valence-electron chi connectivity index (χ1n) is 9.04. The Hall–Kier alpha value is -3.29. The van der Waals surface area contributed by atoms with Crippen molar-refractivity contribution < 1.29 is 19.2 Å². The van der Waals surface area contributed by atoms with Crippen LogP contribution in [0.15, 0.2) is 42.5 Å². The van der Waals surface area contributed by atoms with E-state index in [1.165, 1.54) is 12.1 Å². The number of non-ortho nitro benzene ring substituents is 1.